The van der Waals surface area contributed by atoms with E-state index in [4.69, 9.17) is 0 Å². The molecule has 1 aliphatic rings. The molecule has 1 radical (unpaired) electrons. The summed E-state index contributed by atoms with van der Waals surface area (Å²) in [5.74, 6) is -0.0429. The topological polar surface area (TPSA) is 37.4 Å². The first-order chi connectivity index (χ1) is 9.23. The van der Waals surface area contributed by atoms with E-state index in [9.17, 15) is 21.6 Å². The molecule has 1 aromatic carbocycles. The molecule has 0 amide bonds. The van der Waals surface area contributed by atoms with Crippen LogP contribution in [0, 0.1) is 0 Å². The van der Waals surface area contributed by atoms with Gasteiger partial charge in [-0.1, -0.05) is 24.4 Å². The maximum absolute atomic E-state index is 12.8. The van der Waals surface area contributed by atoms with Gasteiger partial charge in [0.05, 0.1) is 17.1 Å². The van der Waals surface area contributed by atoms with Crippen LogP contribution in [0.5, 0.6) is 0 Å². The molecule has 2 rings (SSSR count). The molecule has 0 N–H and O–H groups in total. The van der Waals surface area contributed by atoms with Crippen molar-refractivity contribution in [2.24, 2.45) is 0 Å². The zero-order chi connectivity index (χ0) is 15.0. The largest absolute Gasteiger partial charge is 0.416 e. The summed E-state index contributed by atoms with van der Waals surface area (Å²) in [4.78, 5) is 1.70. The van der Waals surface area contributed by atoms with Crippen molar-refractivity contribution in [2.75, 3.05) is 29.5 Å². The predicted molar refractivity (Wildman–Crippen MR) is 73.6 cm³/mol. The number of hydrogen-bond acceptors (Lipinski definition) is 3. The number of anilines is 1. The van der Waals surface area contributed by atoms with Gasteiger partial charge in [-0.3, -0.25) is 0 Å². The Morgan fingerprint density at radius 3 is 2.30 bits per heavy atom. The number of halogens is 3. The van der Waals surface area contributed by atoms with Crippen LogP contribution in [0.2, 0.25) is 6.82 Å². The molecule has 1 heterocycles. The van der Waals surface area contributed by atoms with Crippen LogP contribution < -0.4 is 10.4 Å². The van der Waals surface area contributed by atoms with Crippen molar-refractivity contribution in [2.45, 2.75) is 13.0 Å². The Bertz CT molecular complexity index is 587. The number of hydrogen-bond donors (Lipinski definition) is 0. The van der Waals surface area contributed by atoms with Crippen molar-refractivity contribution in [1.82, 2.24) is 0 Å². The van der Waals surface area contributed by atoms with Crippen LogP contribution in [0.25, 0.3) is 0 Å². The summed E-state index contributed by atoms with van der Waals surface area (Å²) in [5, 5.41) is 0. The van der Waals surface area contributed by atoms with E-state index in [2.05, 4.69) is 0 Å². The summed E-state index contributed by atoms with van der Waals surface area (Å²) in [5.41, 5.74) is 0.404. The third kappa shape index (κ3) is 3.28. The van der Waals surface area contributed by atoms with Crippen LogP contribution in [0.15, 0.2) is 18.2 Å². The van der Waals surface area contributed by atoms with Gasteiger partial charge in [0.2, 0.25) is 0 Å². The minimum Gasteiger partial charge on any atom is -0.370 e. The van der Waals surface area contributed by atoms with Crippen LogP contribution in [0.4, 0.5) is 18.9 Å². The van der Waals surface area contributed by atoms with E-state index in [-0.39, 0.29) is 24.6 Å². The smallest absolute Gasteiger partial charge is 0.370 e. The molecule has 1 saturated heterocycles. The van der Waals surface area contributed by atoms with Gasteiger partial charge < -0.3 is 4.90 Å². The zero-order valence-corrected chi connectivity index (χ0v) is 11.8. The fraction of sp³-hybridized carbons (Fsp3) is 0.500. The molecule has 0 bridgehead atoms. The lowest BCUT2D eigenvalue weighted by molar-refractivity contribution is -0.137. The molecule has 0 aromatic heterocycles. The lowest BCUT2D eigenvalue weighted by Gasteiger charge is -2.31. The second-order valence-corrected chi connectivity index (χ2v) is 7.00. The summed E-state index contributed by atoms with van der Waals surface area (Å²) in [6, 6.07) is 3.55. The van der Waals surface area contributed by atoms with Crippen LogP contribution in [0.1, 0.15) is 5.56 Å². The van der Waals surface area contributed by atoms with E-state index < -0.39 is 21.6 Å². The van der Waals surface area contributed by atoms with Gasteiger partial charge in [-0.15, -0.1) is 0 Å². The predicted octanol–water partition coefficient (Wildman–Crippen LogP) is 1.32. The van der Waals surface area contributed by atoms with Gasteiger partial charge in [0.15, 0.2) is 17.1 Å². The maximum Gasteiger partial charge on any atom is 0.416 e. The average Bonchev–Trinajstić information content (AvgIpc) is 2.37. The minimum atomic E-state index is -4.40. The second kappa shape index (κ2) is 5.31. The molecular formula is C12H14BF3NO2S. The normalized spacial score (nSPS) is 18.9. The average molecular weight is 304 g/mol. The summed E-state index contributed by atoms with van der Waals surface area (Å²) in [6.45, 7) is 2.20. The number of sulfone groups is 1. The van der Waals surface area contributed by atoms with Crippen LogP contribution in [-0.2, 0) is 16.0 Å². The summed E-state index contributed by atoms with van der Waals surface area (Å²) in [7, 11) is -1.34. The summed E-state index contributed by atoms with van der Waals surface area (Å²) < 4.78 is 61.1. The third-order valence-electron chi connectivity index (χ3n) is 3.35. The molecule has 1 aliphatic heterocycles. The van der Waals surface area contributed by atoms with Gasteiger partial charge >= 0.3 is 6.18 Å². The van der Waals surface area contributed by atoms with Gasteiger partial charge in [-0.25, -0.2) is 8.42 Å². The highest BCUT2D eigenvalue weighted by atomic mass is 32.2. The van der Waals surface area contributed by atoms with Gasteiger partial charge in [0.25, 0.3) is 0 Å². The summed E-state index contributed by atoms with van der Waals surface area (Å²) >= 11 is 0. The molecule has 3 nitrogen and oxygen atoms in total. The van der Waals surface area contributed by atoms with Crippen LogP contribution >= 0.6 is 0 Å². The Morgan fingerprint density at radius 1 is 1.20 bits per heavy atom. The molecule has 1 aromatic rings. The van der Waals surface area contributed by atoms with E-state index in [1.807, 2.05) is 0 Å². The number of benzene rings is 1. The lowest BCUT2D eigenvalue weighted by atomic mass is 9.72. The highest BCUT2D eigenvalue weighted by Crippen LogP contribution is 2.31. The molecule has 0 atom stereocenters. The molecule has 20 heavy (non-hydrogen) atoms. The number of rotatable bonds is 2. The molecule has 0 saturated carbocycles. The van der Waals surface area contributed by atoms with Gasteiger partial charge in [0, 0.05) is 18.8 Å². The van der Waals surface area contributed by atoms with Gasteiger partial charge in [-0.2, -0.15) is 13.2 Å². The molecule has 0 unspecified atom stereocenters. The first-order valence-electron chi connectivity index (χ1n) is 6.19. The highest BCUT2D eigenvalue weighted by Gasteiger charge is 2.32. The maximum atomic E-state index is 12.8. The molecular weight excluding hydrogens is 290 g/mol. The van der Waals surface area contributed by atoms with Gasteiger partial charge in [0.1, 0.15) is 0 Å². The lowest BCUT2D eigenvalue weighted by Crippen LogP contribution is -2.42. The Kier molecular flexibility index (Phi) is 4.04. The Morgan fingerprint density at radius 2 is 1.80 bits per heavy atom. The van der Waals surface area contributed by atoms with E-state index >= 15 is 0 Å². The van der Waals surface area contributed by atoms with Crippen LogP contribution in [0.3, 0.4) is 0 Å². The molecule has 8 heteroatoms. The highest BCUT2D eigenvalue weighted by molar-refractivity contribution is 7.91. The number of alkyl halides is 3. The third-order valence-corrected chi connectivity index (χ3v) is 4.96. The Balaban J connectivity index is 2.34. The number of nitrogens with zero attached hydrogens (tertiary/aromatic N) is 1. The fourth-order valence-corrected chi connectivity index (χ4v) is 3.39. The molecule has 0 spiro atoms. The van der Waals surface area contributed by atoms with Crippen molar-refractivity contribution >= 4 is 28.3 Å². The van der Waals surface area contributed by atoms with Crippen molar-refractivity contribution in [3.05, 3.63) is 23.8 Å². The zero-order valence-electron chi connectivity index (χ0n) is 10.9. The molecule has 0 aliphatic carbocycles. The first-order valence-corrected chi connectivity index (χ1v) is 8.01. The quantitative estimate of drug-likeness (QED) is 0.773. The van der Waals surface area contributed by atoms with E-state index in [1.54, 1.807) is 19.0 Å². The molecule has 109 valence electrons. The van der Waals surface area contributed by atoms with Crippen molar-refractivity contribution < 1.29 is 21.6 Å². The SMILES string of the molecule is C[B]c1ccc(C(F)(F)F)cc1N1CCS(=O)(=O)CC1. The Labute approximate surface area is 116 Å². The van der Waals surface area contributed by atoms with Crippen molar-refractivity contribution in [3.63, 3.8) is 0 Å². The van der Waals surface area contributed by atoms with E-state index in [0.29, 0.717) is 11.2 Å². The van der Waals surface area contributed by atoms with Crippen molar-refractivity contribution in [3.8, 4) is 0 Å². The monoisotopic (exact) mass is 304 g/mol. The summed E-state index contributed by atoms with van der Waals surface area (Å²) in [6.07, 6.45) is -4.40. The fourth-order valence-electron chi connectivity index (χ4n) is 2.19. The molecule has 1 fully saturated rings. The van der Waals surface area contributed by atoms with Crippen LogP contribution in [-0.4, -0.2) is 40.3 Å². The first kappa shape index (κ1) is 15.2. The van der Waals surface area contributed by atoms with Crippen molar-refractivity contribution in [1.29, 1.82) is 0 Å². The minimum absolute atomic E-state index is 0.0214. The standard InChI is InChI=1S/C12H14BF3NO2S/c1-13-10-3-2-9(12(14,15)16)8-11(10)17-4-6-20(18,19)7-5-17/h2-3,8H,4-7H2,1H3. The van der Waals surface area contributed by atoms with E-state index in [1.165, 1.54) is 6.07 Å². The van der Waals surface area contributed by atoms with E-state index in [0.717, 1.165) is 12.1 Å². The second-order valence-electron chi connectivity index (χ2n) is 4.70. The van der Waals surface area contributed by atoms with Gasteiger partial charge in [-0.05, 0) is 6.07 Å². The Hall–Kier alpha value is -1.18.